The van der Waals surface area contributed by atoms with Gasteiger partial charge in [-0.25, -0.2) is 0 Å². The molecule has 1 N–H and O–H groups in total. The number of rotatable bonds is 6. The van der Waals surface area contributed by atoms with Gasteiger partial charge in [-0.05, 0) is 37.8 Å². The topological polar surface area (TPSA) is 52.7 Å². The minimum atomic E-state index is -0.0735. The van der Waals surface area contributed by atoms with Gasteiger partial charge < -0.3 is 10.2 Å². The van der Waals surface area contributed by atoms with Gasteiger partial charge in [0.2, 0.25) is 11.8 Å². The van der Waals surface area contributed by atoms with E-state index in [9.17, 15) is 9.59 Å². The molecule has 25 heavy (non-hydrogen) atoms. The molecule has 0 aromatic heterocycles. The second-order valence-corrected chi connectivity index (χ2v) is 7.20. The van der Waals surface area contributed by atoms with Crippen LogP contribution in [0.5, 0.6) is 0 Å². The second kappa shape index (κ2) is 8.48. The Balaban J connectivity index is 1.60. The standard InChI is InChI=1S/C20H29N3O2/c1-16(24)21-12-11-20(25)23-14-6-10-19(23)18-9-5-13-22(18)15-17-7-3-2-4-8-17/h2-4,7-8,18-19H,5-6,9-15H2,1H3,(H,21,24)/t18-,19+/m1/s1. The molecule has 5 heteroatoms. The fourth-order valence-electron chi connectivity index (χ4n) is 4.29. The molecule has 136 valence electrons. The van der Waals surface area contributed by atoms with Crippen LogP contribution in [-0.2, 0) is 16.1 Å². The number of hydrogen-bond acceptors (Lipinski definition) is 3. The Morgan fingerprint density at radius 3 is 2.56 bits per heavy atom. The van der Waals surface area contributed by atoms with Crippen molar-refractivity contribution in [1.82, 2.24) is 15.1 Å². The van der Waals surface area contributed by atoms with Crippen LogP contribution in [0.15, 0.2) is 30.3 Å². The highest BCUT2D eigenvalue weighted by Gasteiger charge is 2.39. The van der Waals surface area contributed by atoms with Crippen LogP contribution >= 0.6 is 0 Å². The van der Waals surface area contributed by atoms with Gasteiger partial charge in [-0.2, -0.15) is 0 Å². The van der Waals surface area contributed by atoms with Crippen molar-refractivity contribution in [2.45, 2.75) is 57.7 Å². The Kier molecular flexibility index (Phi) is 6.08. The first-order valence-corrected chi connectivity index (χ1v) is 9.47. The second-order valence-electron chi connectivity index (χ2n) is 7.20. The first-order chi connectivity index (χ1) is 12.1. The first-order valence-electron chi connectivity index (χ1n) is 9.47. The highest BCUT2D eigenvalue weighted by Crippen LogP contribution is 2.31. The van der Waals surface area contributed by atoms with Crippen LogP contribution in [0.25, 0.3) is 0 Å². The quantitative estimate of drug-likeness (QED) is 0.861. The van der Waals surface area contributed by atoms with E-state index in [0.717, 1.165) is 32.5 Å². The van der Waals surface area contributed by atoms with Crippen LogP contribution in [0.4, 0.5) is 0 Å². The van der Waals surface area contributed by atoms with Crippen LogP contribution < -0.4 is 5.32 Å². The van der Waals surface area contributed by atoms with E-state index in [2.05, 4.69) is 45.4 Å². The number of nitrogens with one attached hydrogen (secondary N) is 1. The van der Waals surface area contributed by atoms with Gasteiger partial charge >= 0.3 is 0 Å². The number of amides is 2. The lowest BCUT2D eigenvalue weighted by molar-refractivity contribution is -0.133. The summed E-state index contributed by atoms with van der Waals surface area (Å²) in [6.45, 7) is 4.87. The number of nitrogens with zero attached hydrogens (tertiary/aromatic N) is 2. The molecule has 0 spiro atoms. The third-order valence-electron chi connectivity index (χ3n) is 5.42. The summed E-state index contributed by atoms with van der Waals surface area (Å²) in [7, 11) is 0. The predicted molar refractivity (Wildman–Crippen MR) is 97.9 cm³/mol. The molecule has 2 saturated heterocycles. The molecule has 2 aliphatic rings. The fourth-order valence-corrected chi connectivity index (χ4v) is 4.29. The molecule has 2 aliphatic heterocycles. The Bertz CT molecular complexity index is 590. The van der Waals surface area contributed by atoms with Crippen LogP contribution in [0, 0.1) is 0 Å². The van der Waals surface area contributed by atoms with Crippen LogP contribution in [-0.4, -0.2) is 53.3 Å². The molecule has 0 saturated carbocycles. The maximum absolute atomic E-state index is 12.6. The molecule has 0 aliphatic carbocycles. The van der Waals surface area contributed by atoms with Crippen LogP contribution in [0.3, 0.4) is 0 Å². The molecule has 1 aromatic carbocycles. The molecule has 0 unspecified atom stereocenters. The molecule has 1 aromatic rings. The maximum Gasteiger partial charge on any atom is 0.224 e. The van der Waals surface area contributed by atoms with Crippen molar-refractivity contribution in [2.24, 2.45) is 0 Å². The van der Waals surface area contributed by atoms with Gasteiger partial charge in [0.25, 0.3) is 0 Å². The van der Waals surface area contributed by atoms with Gasteiger partial charge in [0.15, 0.2) is 0 Å². The highest BCUT2D eigenvalue weighted by molar-refractivity contribution is 5.78. The predicted octanol–water partition coefficient (Wildman–Crippen LogP) is 2.17. The molecule has 2 atom stereocenters. The van der Waals surface area contributed by atoms with E-state index in [1.807, 2.05) is 0 Å². The summed E-state index contributed by atoms with van der Waals surface area (Å²) < 4.78 is 0. The Morgan fingerprint density at radius 2 is 1.80 bits per heavy atom. The lowest BCUT2D eigenvalue weighted by Gasteiger charge is -2.35. The summed E-state index contributed by atoms with van der Waals surface area (Å²) in [5.74, 6) is 0.110. The summed E-state index contributed by atoms with van der Waals surface area (Å²) in [5.41, 5.74) is 1.34. The van der Waals surface area contributed by atoms with Gasteiger partial charge in [-0.1, -0.05) is 30.3 Å². The highest BCUT2D eigenvalue weighted by atomic mass is 16.2. The molecular weight excluding hydrogens is 314 g/mol. The molecule has 0 bridgehead atoms. The number of hydrogen-bond donors (Lipinski definition) is 1. The number of likely N-dealkylation sites (tertiary alicyclic amines) is 2. The molecule has 2 amide bonds. The van der Waals surface area contributed by atoms with E-state index in [1.54, 1.807) is 0 Å². The lowest BCUT2D eigenvalue weighted by Crippen LogP contribution is -2.48. The van der Waals surface area contributed by atoms with Gasteiger partial charge in [0.05, 0.1) is 0 Å². The third kappa shape index (κ3) is 4.60. The van der Waals surface area contributed by atoms with Crippen molar-refractivity contribution in [3.05, 3.63) is 35.9 Å². The Hall–Kier alpha value is -1.88. The van der Waals surface area contributed by atoms with Gasteiger partial charge in [0.1, 0.15) is 0 Å². The SMILES string of the molecule is CC(=O)NCCC(=O)N1CCC[C@H]1[C@H]1CCCN1Cc1ccccc1. The van der Waals surface area contributed by atoms with Crippen molar-refractivity contribution in [1.29, 1.82) is 0 Å². The Labute approximate surface area is 150 Å². The largest absolute Gasteiger partial charge is 0.356 e. The van der Waals surface area contributed by atoms with Gasteiger partial charge in [0, 0.05) is 45.1 Å². The zero-order chi connectivity index (χ0) is 17.6. The summed E-state index contributed by atoms with van der Waals surface area (Å²) in [6.07, 6.45) is 4.98. The van der Waals surface area contributed by atoms with E-state index in [0.29, 0.717) is 25.0 Å². The number of benzene rings is 1. The van der Waals surface area contributed by atoms with Gasteiger partial charge in [-0.15, -0.1) is 0 Å². The molecule has 2 heterocycles. The number of carbonyl (C=O) groups is 2. The van der Waals surface area contributed by atoms with E-state index in [1.165, 1.54) is 25.3 Å². The normalized spacial score (nSPS) is 23.8. The molecule has 5 nitrogen and oxygen atoms in total. The van der Waals surface area contributed by atoms with E-state index in [4.69, 9.17) is 0 Å². The Morgan fingerprint density at radius 1 is 1.08 bits per heavy atom. The van der Waals surface area contributed by atoms with Crippen molar-refractivity contribution < 1.29 is 9.59 Å². The third-order valence-corrected chi connectivity index (χ3v) is 5.42. The summed E-state index contributed by atoms with van der Waals surface area (Å²) in [6, 6.07) is 11.4. The molecule has 3 rings (SSSR count). The summed E-state index contributed by atoms with van der Waals surface area (Å²) in [4.78, 5) is 28.2. The number of carbonyl (C=O) groups excluding carboxylic acids is 2. The zero-order valence-corrected chi connectivity index (χ0v) is 15.1. The summed E-state index contributed by atoms with van der Waals surface area (Å²) >= 11 is 0. The van der Waals surface area contributed by atoms with Crippen LogP contribution in [0.1, 0.15) is 44.6 Å². The maximum atomic E-state index is 12.6. The van der Waals surface area contributed by atoms with E-state index >= 15 is 0 Å². The van der Waals surface area contributed by atoms with Crippen molar-refractivity contribution in [3.63, 3.8) is 0 Å². The minimum absolute atomic E-state index is 0.0735. The molecule has 0 radical (unpaired) electrons. The van der Waals surface area contributed by atoms with Crippen molar-refractivity contribution in [3.8, 4) is 0 Å². The molecule has 2 fully saturated rings. The minimum Gasteiger partial charge on any atom is -0.356 e. The van der Waals surface area contributed by atoms with Crippen molar-refractivity contribution in [2.75, 3.05) is 19.6 Å². The fraction of sp³-hybridized carbons (Fsp3) is 0.600. The lowest BCUT2D eigenvalue weighted by atomic mass is 10.0. The zero-order valence-electron chi connectivity index (χ0n) is 15.1. The molecular formula is C20H29N3O2. The smallest absolute Gasteiger partial charge is 0.224 e. The monoisotopic (exact) mass is 343 g/mol. The summed E-state index contributed by atoms with van der Waals surface area (Å²) in [5, 5.41) is 2.73. The average molecular weight is 343 g/mol. The van der Waals surface area contributed by atoms with Gasteiger partial charge in [-0.3, -0.25) is 14.5 Å². The first kappa shape index (κ1) is 17.9. The van der Waals surface area contributed by atoms with E-state index in [-0.39, 0.29) is 11.8 Å². The van der Waals surface area contributed by atoms with E-state index < -0.39 is 0 Å². The van der Waals surface area contributed by atoms with Crippen LogP contribution in [0.2, 0.25) is 0 Å². The average Bonchev–Trinajstić information content (AvgIpc) is 3.24. The van der Waals surface area contributed by atoms with Crippen molar-refractivity contribution >= 4 is 11.8 Å².